The number of ether oxygens (including phenoxy) is 2. The third kappa shape index (κ3) is 6.34. The first-order valence-electron chi connectivity index (χ1n) is 15.5. The minimum absolute atomic E-state index is 0.0158. The topological polar surface area (TPSA) is 131 Å². The van der Waals surface area contributed by atoms with E-state index < -0.39 is 29.2 Å². The molecule has 8 heteroatoms. The Morgan fingerprint density at radius 2 is 1.87 bits per heavy atom. The van der Waals surface area contributed by atoms with Gasteiger partial charge in [0.15, 0.2) is 17.2 Å². The number of allylic oxidation sites excluding steroid dienone is 1. The minimum Gasteiger partial charge on any atom is -0.460 e. The molecule has 2 saturated heterocycles. The maximum Gasteiger partial charge on any atom is 0.350 e. The molecule has 2 aliphatic heterocycles. The summed E-state index contributed by atoms with van der Waals surface area (Å²) in [7, 11) is 0. The Hall–Kier alpha value is -1.61. The molecule has 4 aliphatic rings. The third-order valence-corrected chi connectivity index (χ3v) is 9.65. The molecule has 220 valence electrons. The van der Waals surface area contributed by atoms with E-state index in [2.05, 4.69) is 19.2 Å². The van der Waals surface area contributed by atoms with E-state index in [1.54, 1.807) is 0 Å². The number of hydrogen-bond donors (Lipinski definition) is 3. The molecule has 0 amide bonds. The molecule has 8 nitrogen and oxygen atoms in total. The van der Waals surface area contributed by atoms with Crippen molar-refractivity contribution in [3.05, 3.63) is 11.6 Å². The number of ketones is 2. The first-order chi connectivity index (χ1) is 18.8. The number of carbonyl (C=O) groups is 3. The van der Waals surface area contributed by atoms with Crippen molar-refractivity contribution >= 4 is 17.5 Å². The number of nitrogens with one attached hydrogen (secondary N) is 1. The summed E-state index contributed by atoms with van der Waals surface area (Å²) in [6.45, 7) is 5.12. The molecular weight excluding hydrogens is 496 g/mol. The first kappa shape index (κ1) is 30.4. The quantitative estimate of drug-likeness (QED) is 0.0975. The van der Waals surface area contributed by atoms with Crippen molar-refractivity contribution in [3.8, 4) is 0 Å². The summed E-state index contributed by atoms with van der Waals surface area (Å²) >= 11 is 0. The standard InChI is InChI=1S/C31H50N2O6/c1-3-4-5-9-23(10-8-19-34)38-29(37)31-28(36)25-12-7-6-11-24(25)27(35)30(31,39-31)17-15-21(2)13-14-22-16-18-33-26(32)20-22/h15,22-26,33-34H,3-14,16-20,32H2,1-2H3. The Kier molecular flexibility index (Phi) is 10.4. The second-order valence-electron chi connectivity index (χ2n) is 12.5. The van der Waals surface area contributed by atoms with Crippen LogP contribution in [0, 0.1) is 17.8 Å². The Morgan fingerprint density at radius 3 is 2.56 bits per heavy atom. The summed E-state index contributed by atoms with van der Waals surface area (Å²) in [5.74, 6) is -1.29. The van der Waals surface area contributed by atoms with Crippen LogP contribution in [-0.2, 0) is 23.9 Å². The van der Waals surface area contributed by atoms with E-state index in [-0.39, 0.29) is 36.7 Å². The van der Waals surface area contributed by atoms with E-state index in [1.165, 1.54) is 0 Å². The number of Topliss-reactive ketones (excluding diaryl/α,β-unsaturated/α-hetero) is 2. The van der Waals surface area contributed by atoms with Gasteiger partial charge in [-0.3, -0.25) is 9.59 Å². The molecular formula is C31H50N2O6. The van der Waals surface area contributed by atoms with Crippen LogP contribution in [0.2, 0.25) is 0 Å². The van der Waals surface area contributed by atoms with Crippen molar-refractivity contribution in [2.45, 2.75) is 134 Å². The minimum atomic E-state index is -1.82. The molecule has 39 heavy (non-hydrogen) atoms. The van der Waals surface area contributed by atoms with E-state index in [0.717, 1.165) is 69.9 Å². The average Bonchev–Trinajstić information content (AvgIpc) is 3.65. The lowest BCUT2D eigenvalue weighted by Gasteiger charge is -2.37. The van der Waals surface area contributed by atoms with Gasteiger partial charge in [-0.25, -0.2) is 4.79 Å². The van der Waals surface area contributed by atoms with Crippen molar-refractivity contribution in [2.24, 2.45) is 23.5 Å². The lowest BCUT2D eigenvalue weighted by atomic mass is 9.61. The zero-order valence-electron chi connectivity index (χ0n) is 24.1. The van der Waals surface area contributed by atoms with Crippen LogP contribution in [0.5, 0.6) is 0 Å². The Bertz CT molecular complexity index is 921. The van der Waals surface area contributed by atoms with E-state index in [4.69, 9.17) is 15.2 Å². The molecule has 4 fully saturated rings. The maximum atomic E-state index is 13.9. The van der Waals surface area contributed by atoms with Crippen LogP contribution in [0.3, 0.4) is 0 Å². The summed E-state index contributed by atoms with van der Waals surface area (Å²) in [4.78, 5) is 41.6. The van der Waals surface area contributed by atoms with Crippen LogP contribution in [0.25, 0.3) is 0 Å². The highest BCUT2D eigenvalue weighted by molar-refractivity contribution is 6.23. The second-order valence-corrected chi connectivity index (χ2v) is 12.5. The van der Waals surface area contributed by atoms with Gasteiger partial charge in [-0.2, -0.15) is 0 Å². The molecule has 0 aromatic rings. The van der Waals surface area contributed by atoms with Gasteiger partial charge < -0.3 is 25.6 Å². The van der Waals surface area contributed by atoms with Crippen molar-refractivity contribution in [1.29, 1.82) is 0 Å². The predicted octanol–water partition coefficient (Wildman–Crippen LogP) is 4.12. The molecule has 7 unspecified atom stereocenters. The number of aliphatic hydroxyl groups excluding tert-OH is 1. The monoisotopic (exact) mass is 546 g/mol. The first-order valence-corrected chi connectivity index (χ1v) is 15.5. The second kappa shape index (κ2) is 13.4. The Labute approximate surface area is 233 Å². The zero-order valence-corrected chi connectivity index (χ0v) is 24.1. The summed E-state index contributed by atoms with van der Waals surface area (Å²) in [5.41, 5.74) is 3.94. The van der Waals surface area contributed by atoms with Crippen LogP contribution in [0.4, 0.5) is 0 Å². The number of fused-ring (bicyclic) bond motifs is 2. The summed E-state index contributed by atoms with van der Waals surface area (Å²) in [5, 5.41) is 12.6. The molecule has 2 saturated carbocycles. The van der Waals surface area contributed by atoms with Gasteiger partial charge >= 0.3 is 5.97 Å². The molecule has 2 aliphatic carbocycles. The fraction of sp³-hybridized carbons (Fsp3) is 0.839. The van der Waals surface area contributed by atoms with Crippen LogP contribution < -0.4 is 11.1 Å². The van der Waals surface area contributed by atoms with Crippen LogP contribution in [0.1, 0.15) is 110 Å². The van der Waals surface area contributed by atoms with Crippen molar-refractivity contribution in [2.75, 3.05) is 13.2 Å². The van der Waals surface area contributed by atoms with Gasteiger partial charge in [-0.15, -0.1) is 0 Å². The average molecular weight is 547 g/mol. The smallest absolute Gasteiger partial charge is 0.350 e. The third-order valence-electron chi connectivity index (χ3n) is 9.65. The highest BCUT2D eigenvalue weighted by Gasteiger charge is 2.87. The zero-order chi connectivity index (χ0) is 28.0. The number of piperidine rings is 1. The van der Waals surface area contributed by atoms with Gasteiger partial charge in [0, 0.05) is 24.9 Å². The van der Waals surface area contributed by atoms with E-state index in [1.807, 2.05) is 6.08 Å². The largest absolute Gasteiger partial charge is 0.460 e. The lowest BCUT2D eigenvalue weighted by molar-refractivity contribution is -0.163. The highest BCUT2D eigenvalue weighted by Crippen LogP contribution is 2.61. The number of nitrogens with two attached hydrogens (primary N) is 1. The molecule has 0 aromatic carbocycles. The number of hydrogen-bond acceptors (Lipinski definition) is 8. The Morgan fingerprint density at radius 1 is 1.15 bits per heavy atom. The summed E-state index contributed by atoms with van der Waals surface area (Å²) in [6.07, 6.45) is 13.7. The maximum absolute atomic E-state index is 13.9. The number of rotatable bonds is 14. The van der Waals surface area contributed by atoms with E-state index in [9.17, 15) is 19.5 Å². The summed E-state index contributed by atoms with van der Waals surface area (Å²) < 4.78 is 12.1. The number of epoxide rings is 1. The molecule has 0 spiro atoms. The number of aliphatic hydroxyl groups is 1. The SMILES string of the molecule is CCCCCC(CCCO)OC(=O)C12OC1(CC=C(C)CCC1CCNC(N)C1)C(=O)C1CCCCC1C2=O. The fourth-order valence-corrected chi connectivity index (χ4v) is 7.21. The molecule has 4 rings (SSSR count). The van der Waals surface area contributed by atoms with Crippen LogP contribution in [-0.4, -0.2) is 59.3 Å². The summed E-state index contributed by atoms with van der Waals surface area (Å²) in [6, 6.07) is 0. The molecule has 0 bridgehead atoms. The van der Waals surface area contributed by atoms with Crippen LogP contribution >= 0.6 is 0 Å². The van der Waals surface area contributed by atoms with Gasteiger partial charge in [0.1, 0.15) is 6.10 Å². The van der Waals surface area contributed by atoms with Gasteiger partial charge in [0.25, 0.3) is 5.60 Å². The van der Waals surface area contributed by atoms with Crippen LogP contribution in [0.15, 0.2) is 11.6 Å². The van der Waals surface area contributed by atoms with Gasteiger partial charge in [-0.05, 0) is 83.6 Å². The van der Waals surface area contributed by atoms with Crippen molar-refractivity contribution < 1.29 is 29.0 Å². The van der Waals surface area contributed by atoms with Crippen molar-refractivity contribution in [1.82, 2.24) is 5.32 Å². The fourth-order valence-electron chi connectivity index (χ4n) is 7.21. The molecule has 7 atom stereocenters. The Balaban J connectivity index is 1.50. The predicted molar refractivity (Wildman–Crippen MR) is 149 cm³/mol. The lowest BCUT2D eigenvalue weighted by Crippen LogP contribution is -2.58. The molecule has 0 radical (unpaired) electrons. The normalized spacial score (nSPS) is 35.2. The number of esters is 1. The molecule has 0 aromatic heterocycles. The van der Waals surface area contributed by atoms with E-state index in [0.29, 0.717) is 38.0 Å². The van der Waals surface area contributed by atoms with Gasteiger partial charge in [-0.1, -0.05) is 44.3 Å². The number of carbonyl (C=O) groups excluding carboxylic acids is 3. The highest BCUT2D eigenvalue weighted by atomic mass is 16.7. The van der Waals surface area contributed by atoms with Crippen molar-refractivity contribution in [3.63, 3.8) is 0 Å². The number of unbranched alkanes of at least 4 members (excludes halogenated alkanes) is 2. The molecule has 2 heterocycles. The molecule has 4 N–H and O–H groups in total. The van der Waals surface area contributed by atoms with Gasteiger partial charge in [0.05, 0.1) is 6.17 Å². The van der Waals surface area contributed by atoms with Gasteiger partial charge in [0.2, 0.25) is 0 Å². The van der Waals surface area contributed by atoms with E-state index >= 15 is 0 Å².